The number of hydrogen-bond acceptors (Lipinski definition) is 5. The van der Waals surface area contributed by atoms with E-state index in [9.17, 15) is 16.8 Å². The van der Waals surface area contributed by atoms with E-state index in [2.05, 4.69) is 4.72 Å². The fourth-order valence-electron chi connectivity index (χ4n) is 2.59. The Balaban J connectivity index is 1.86. The van der Waals surface area contributed by atoms with E-state index < -0.39 is 19.9 Å². The third kappa shape index (κ3) is 5.07. The predicted molar refractivity (Wildman–Crippen MR) is 89.2 cm³/mol. The molecule has 23 heavy (non-hydrogen) atoms. The van der Waals surface area contributed by atoms with Crippen LogP contribution in [0.25, 0.3) is 0 Å². The van der Waals surface area contributed by atoms with E-state index in [-0.39, 0.29) is 33.9 Å². The zero-order valence-electron chi connectivity index (χ0n) is 12.8. The van der Waals surface area contributed by atoms with E-state index in [0.29, 0.717) is 25.0 Å². The van der Waals surface area contributed by atoms with Gasteiger partial charge in [0.1, 0.15) is 5.75 Å². The molecule has 9 heteroatoms. The highest BCUT2D eigenvalue weighted by atomic mass is 35.5. The van der Waals surface area contributed by atoms with E-state index in [1.54, 1.807) is 0 Å². The monoisotopic (exact) mass is 381 g/mol. The highest BCUT2D eigenvalue weighted by Gasteiger charge is 2.27. The summed E-state index contributed by atoms with van der Waals surface area (Å²) >= 11 is 5.94. The molecule has 1 unspecified atom stereocenters. The van der Waals surface area contributed by atoms with Crippen molar-refractivity contribution in [1.82, 2.24) is 4.72 Å². The Morgan fingerprint density at radius 2 is 2.13 bits per heavy atom. The lowest BCUT2D eigenvalue weighted by atomic mass is 10.0. The molecule has 1 aromatic carbocycles. The lowest BCUT2D eigenvalue weighted by Gasteiger charge is -2.10. The zero-order chi connectivity index (χ0) is 17.1. The Morgan fingerprint density at radius 1 is 1.39 bits per heavy atom. The van der Waals surface area contributed by atoms with Crippen molar-refractivity contribution in [3.8, 4) is 5.75 Å². The van der Waals surface area contributed by atoms with E-state index in [4.69, 9.17) is 16.3 Å². The molecule has 2 rings (SSSR count). The molecular weight excluding hydrogens is 362 g/mol. The van der Waals surface area contributed by atoms with Crippen LogP contribution in [-0.4, -0.2) is 42.0 Å². The maximum atomic E-state index is 12.2. The summed E-state index contributed by atoms with van der Waals surface area (Å²) in [5.41, 5.74) is 0. The van der Waals surface area contributed by atoms with Crippen molar-refractivity contribution >= 4 is 31.5 Å². The first kappa shape index (κ1) is 18.5. The Kier molecular flexibility index (Phi) is 5.94. The van der Waals surface area contributed by atoms with Crippen molar-refractivity contribution in [3.63, 3.8) is 0 Å². The van der Waals surface area contributed by atoms with Gasteiger partial charge in [-0.1, -0.05) is 11.6 Å². The number of nitrogens with one attached hydrogen (secondary N) is 1. The van der Waals surface area contributed by atoms with E-state index in [1.165, 1.54) is 25.3 Å². The van der Waals surface area contributed by atoms with Crippen LogP contribution in [0.1, 0.15) is 19.3 Å². The first-order chi connectivity index (χ1) is 10.7. The number of benzene rings is 1. The van der Waals surface area contributed by atoms with Crippen LogP contribution in [0.3, 0.4) is 0 Å². The second kappa shape index (κ2) is 7.38. The van der Waals surface area contributed by atoms with Gasteiger partial charge < -0.3 is 4.74 Å². The van der Waals surface area contributed by atoms with Gasteiger partial charge in [0.05, 0.1) is 28.5 Å². The molecule has 0 bridgehead atoms. The van der Waals surface area contributed by atoms with Crippen LogP contribution < -0.4 is 9.46 Å². The molecule has 0 radical (unpaired) electrons. The molecule has 1 fully saturated rings. The van der Waals surface area contributed by atoms with Crippen molar-refractivity contribution in [3.05, 3.63) is 23.2 Å². The second-order valence-corrected chi connectivity index (χ2v) is 10.0. The molecule has 1 aliphatic heterocycles. The van der Waals surface area contributed by atoms with Gasteiger partial charge in [-0.15, -0.1) is 0 Å². The van der Waals surface area contributed by atoms with E-state index in [0.717, 1.165) is 0 Å². The van der Waals surface area contributed by atoms with Crippen molar-refractivity contribution in [2.45, 2.75) is 24.2 Å². The summed E-state index contributed by atoms with van der Waals surface area (Å²) in [6, 6.07) is 4.27. The van der Waals surface area contributed by atoms with E-state index >= 15 is 0 Å². The van der Waals surface area contributed by atoms with Crippen molar-refractivity contribution in [1.29, 1.82) is 0 Å². The molecule has 130 valence electrons. The van der Waals surface area contributed by atoms with Gasteiger partial charge in [0.15, 0.2) is 9.84 Å². The molecule has 0 amide bonds. The molecule has 0 aromatic heterocycles. The molecule has 1 heterocycles. The number of halogens is 1. The zero-order valence-corrected chi connectivity index (χ0v) is 15.2. The minimum atomic E-state index is -3.63. The van der Waals surface area contributed by atoms with Gasteiger partial charge in [0.25, 0.3) is 0 Å². The third-order valence-corrected chi connectivity index (χ3v) is 7.43. The third-order valence-electron chi connectivity index (χ3n) is 3.84. The number of methoxy groups -OCH3 is 1. The Morgan fingerprint density at radius 3 is 2.70 bits per heavy atom. The van der Waals surface area contributed by atoms with Gasteiger partial charge >= 0.3 is 0 Å². The molecule has 1 aromatic rings. The quantitative estimate of drug-likeness (QED) is 0.728. The number of rotatable bonds is 7. The SMILES string of the molecule is COc1ccc(S(=O)(=O)NCCCC2CCS(=O)(=O)C2)cc1Cl. The van der Waals surface area contributed by atoms with Crippen LogP contribution in [0.15, 0.2) is 23.1 Å². The average Bonchev–Trinajstić information content (AvgIpc) is 2.83. The van der Waals surface area contributed by atoms with Gasteiger partial charge in [0.2, 0.25) is 10.0 Å². The van der Waals surface area contributed by atoms with Gasteiger partial charge in [-0.05, 0) is 43.4 Å². The lowest BCUT2D eigenvalue weighted by molar-refractivity contribution is 0.414. The molecule has 0 saturated carbocycles. The largest absolute Gasteiger partial charge is 0.495 e. The molecule has 0 spiro atoms. The molecule has 1 aliphatic rings. The van der Waals surface area contributed by atoms with Crippen molar-refractivity contribution in [2.24, 2.45) is 5.92 Å². The highest BCUT2D eigenvalue weighted by Crippen LogP contribution is 2.27. The smallest absolute Gasteiger partial charge is 0.240 e. The molecular formula is C14H20ClNO5S2. The summed E-state index contributed by atoms with van der Waals surface area (Å²) in [6.07, 6.45) is 1.97. The summed E-state index contributed by atoms with van der Waals surface area (Å²) in [5, 5.41) is 0.228. The summed E-state index contributed by atoms with van der Waals surface area (Å²) in [7, 11) is -5.06. The summed E-state index contributed by atoms with van der Waals surface area (Å²) < 4.78 is 54.6. The Labute approximate surface area is 142 Å². The summed E-state index contributed by atoms with van der Waals surface area (Å²) in [6.45, 7) is 0.266. The van der Waals surface area contributed by atoms with Gasteiger partial charge in [-0.2, -0.15) is 0 Å². The van der Waals surface area contributed by atoms with Crippen LogP contribution in [0, 0.1) is 5.92 Å². The summed E-state index contributed by atoms with van der Waals surface area (Å²) in [5.74, 6) is 1.01. The minimum Gasteiger partial charge on any atom is -0.495 e. The second-order valence-electron chi connectivity index (χ2n) is 5.61. The number of hydrogen-bond donors (Lipinski definition) is 1. The molecule has 0 aliphatic carbocycles. The fourth-order valence-corrected chi connectivity index (χ4v) is 5.93. The van der Waals surface area contributed by atoms with Crippen LogP contribution >= 0.6 is 11.6 Å². The topological polar surface area (TPSA) is 89.5 Å². The van der Waals surface area contributed by atoms with Gasteiger partial charge in [-0.25, -0.2) is 21.6 Å². The van der Waals surface area contributed by atoms with Crippen molar-refractivity contribution in [2.75, 3.05) is 25.2 Å². The molecule has 1 atom stereocenters. The van der Waals surface area contributed by atoms with Crippen LogP contribution in [0.2, 0.25) is 5.02 Å². The Bertz CT molecular complexity index is 761. The molecule has 1 saturated heterocycles. The minimum absolute atomic E-state index is 0.0757. The van der Waals surface area contributed by atoms with Gasteiger partial charge in [0, 0.05) is 6.54 Å². The average molecular weight is 382 g/mol. The highest BCUT2D eigenvalue weighted by molar-refractivity contribution is 7.91. The number of sulfonamides is 1. The van der Waals surface area contributed by atoms with Crippen LogP contribution in [0.5, 0.6) is 5.75 Å². The first-order valence-corrected chi connectivity index (χ1v) is 11.0. The Hall–Kier alpha value is -0.830. The maximum Gasteiger partial charge on any atom is 0.240 e. The van der Waals surface area contributed by atoms with Gasteiger partial charge in [-0.3, -0.25) is 0 Å². The number of sulfone groups is 1. The normalized spacial score (nSPS) is 20.5. The number of ether oxygens (including phenoxy) is 1. The maximum absolute atomic E-state index is 12.2. The first-order valence-electron chi connectivity index (χ1n) is 7.27. The van der Waals surface area contributed by atoms with Crippen LogP contribution in [-0.2, 0) is 19.9 Å². The lowest BCUT2D eigenvalue weighted by Crippen LogP contribution is -2.25. The van der Waals surface area contributed by atoms with Crippen LogP contribution in [0.4, 0.5) is 0 Å². The molecule has 1 N–H and O–H groups in total. The molecule has 6 nitrogen and oxygen atoms in total. The fraction of sp³-hybridized carbons (Fsp3) is 0.571. The van der Waals surface area contributed by atoms with E-state index in [1.807, 2.05) is 0 Å². The summed E-state index contributed by atoms with van der Waals surface area (Å²) in [4.78, 5) is 0.0757. The standard InChI is InChI=1S/C14H20ClNO5S2/c1-21-14-5-4-12(9-13(14)15)23(19,20)16-7-2-3-11-6-8-22(17,18)10-11/h4-5,9,11,16H,2-3,6-8,10H2,1H3. The van der Waals surface area contributed by atoms with Crippen molar-refractivity contribution < 1.29 is 21.6 Å². The predicted octanol–water partition coefficient (Wildman–Crippen LogP) is 1.84.